The lowest BCUT2D eigenvalue weighted by atomic mass is 9.99. The number of rotatable bonds is 47. The van der Waals surface area contributed by atoms with Crippen molar-refractivity contribution in [3.05, 3.63) is 36.5 Å². The van der Waals surface area contributed by atoms with Gasteiger partial charge in [-0.05, 0) is 57.8 Å². The molecule has 382 valence electrons. The molecule has 7 unspecified atom stereocenters. The Balaban J connectivity index is 2.28. The standard InChI is InChI=1S/C56H105NO8/c1-3-5-7-9-11-13-15-17-19-21-23-24-25-26-28-29-31-33-35-37-39-41-43-45-50(59)49(48-64-56-55(63)54(62)53(61)51(47-58)65-56)57-52(60)46-44-42-40-38-36-34-32-30-27-22-20-18-16-14-12-10-8-6-4-2/h18,20,35,37,43,45,49-51,53-56,58-59,61-63H,3-17,19,21-34,36,38-42,44,46-48H2,1-2H3,(H,57,60)/b20-18-,37-35+,45-43+. The second kappa shape index (κ2) is 46.2. The molecule has 0 aliphatic carbocycles. The van der Waals surface area contributed by atoms with Gasteiger partial charge in [0.05, 0.1) is 25.4 Å². The van der Waals surface area contributed by atoms with Gasteiger partial charge in [0.2, 0.25) is 5.91 Å². The highest BCUT2D eigenvalue weighted by Gasteiger charge is 2.44. The molecule has 9 nitrogen and oxygen atoms in total. The van der Waals surface area contributed by atoms with E-state index in [1.807, 2.05) is 6.08 Å². The number of aliphatic hydroxyl groups is 5. The van der Waals surface area contributed by atoms with Gasteiger partial charge >= 0.3 is 0 Å². The van der Waals surface area contributed by atoms with Crippen LogP contribution in [0.1, 0.15) is 258 Å². The average molecular weight is 920 g/mol. The lowest BCUT2D eigenvalue weighted by molar-refractivity contribution is -0.302. The maximum atomic E-state index is 13.0. The predicted molar refractivity (Wildman–Crippen MR) is 272 cm³/mol. The van der Waals surface area contributed by atoms with Crippen LogP contribution in [0, 0.1) is 0 Å². The molecule has 1 fully saturated rings. The minimum atomic E-state index is -1.57. The molecular weight excluding hydrogens is 815 g/mol. The largest absolute Gasteiger partial charge is 0.394 e. The number of hydrogen-bond acceptors (Lipinski definition) is 8. The van der Waals surface area contributed by atoms with E-state index in [-0.39, 0.29) is 12.5 Å². The Hall–Kier alpha value is -1.59. The van der Waals surface area contributed by atoms with Gasteiger partial charge in [0, 0.05) is 6.42 Å². The lowest BCUT2D eigenvalue weighted by Gasteiger charge is -2.40. The number of hydrogen-bond donors (Lipinski definition) is 6. The normalized spacial score (nSPS) is 20.1. The van der Waals surface area contributed by atoms with Crippen LogP contribution in [0.5, 0.6) is 0 Å². The Morgan fingerprint density at radius 2 is 0.877 bits per heavy atom. The number of carbonyl (C=O) groups is 1. The highest BCUT2D eigenvalue weighted by atomic mass is 16.7. The van der Waals surface area contributed by atoms with Gasteiger partial charge in [-0.2, -0.15) is 0 Å². The summed E-state index contributed by atoms with van der Waals surface area (Å²) in [4.78, 5) is 13.0. The molecule has 0 spiro atoms. The van der Waals surface area contributed by atoms with Crippen LogP contribution in [-0.2, 0) is 14.3 Å². The SMILES string of the molecule is CCCCCCCC/C=C\CCCCCCCCCCCC(=O)NC(COC1OC(CO)C(O)C(O)C1O)C(O)/C=C/CC/C=C/CCCCCCCCCCCCCCCCCCC. The maximum absolute atomic E-state index is 13.0. The van der Waals surface area contributed by atoms with E-state index in [0.717, 1.165) is 38.5 Å². The molecule has 0 bridgehead atoms. The molecule has 1 saturated heterocycles. The molecule has 65 heavy (non-hydrogen) atoms. The molecule has 6 N–H and O–H groups in total. The van der Waals surface area contributed by atoms with Crippen LogP contribution in [0.4, 0.5) is 0 Å². The Morgan fingerprint density at radius 3 is 1.29 bits per heavy atom. The maximum Gasteiger partial charge on any atom is 0.220 e. The number of nitrogens with one attached hydrogen (secondary N) is 1. The van der Waals surface area contributed by atoms with E-state index in [1.54, 1.807) is 6.08 Å². The summed E-state index contributed by atoms with van der Waals surface area (Å²) in [6.07, 6.45) is 52.0. The van der Waals surface area contributed by atoms with Gasteiger partial charge in [0.1, 0.15) is 24.4 Å². The van der Waals surface area contributed by atoms with Gasteiger partial charge in [-0.15, -0.1) is 0 Å². The summed E-state index contributed by atoms with van der Waals surface area (Å²) in [5, 5.41) is 54.4. The Kier molecular flexibility index (Phi) is 43.6. The molecule has 1 aliphatic heterocycles. The zero-order valence-electron chi connectivity index (χ0n) is 42.3. The number of aliphatic hydroxyl groups excluding tert-OH is 5. The van der Waals surface area contributed by atoms with Gasteiger partial charge in [0.25, 0.3) is 0 Å². The summed E-state index contributed by atoms with van der Waals surface area (Å²) in [5.74, 6) is -0.187. The van der Waals surface area contributed by atoms with E-state index >= 15 is 0 Å². The van der Waals surface area contributed by atoms with Crippen molar-refractivity contribution in [3.8, 4) is 0 Å². The van der Waals surface area contributed by atoms with Crippen molar-refractivity contribution in [1.29, 1.82) is 0 Å². The van der Waals surface area contributed by atoms with Crippen molar-refractivity contribution in [2.45, 2.75) is 301 Å². The van der Waals surface area contributed by atoms with Crippen LogP contribution in [0.15, 0.2) is 36.5 Å². The van der Waals surface area contributed by atoms with Crippen LogP contribution >= 0.6 is 0 Å². The molecule has 1 rings (SSSR count). The molecule has 7 atom stereocenters. The molecule has 1 amide bonds. The fraction of sp³-hybridized carbons (Fsp3) is 0.875. The Labute approximate surface area is 400 Å². The van der Waals surface area contributed by atoms with Gasteiger partial charge in [-0.3, -0.25) is 4.79 Å². The van der Waals surface area contributed by atoms with Crippen LogP contribution in [0.3, 0.4) is 0 Å². The number of allylic oxidation sites excluding steroid dienone is 5. The third-order valence-corrected chi connectivity index (χ3v) is 13.2. The second-order valence-corrected chi connectivity index (χ2v) is 19.4. The predicted octanol–water partition coefficient (Wildman–Crippen LogP) is 13.2. The van der Waals surface area contributed by atoms with Crippen molar-refractivity contribution < 1.29 is 39.8 Å². The van der Waals surface area contributed by atoms with Crippen molar-refractivity contribution in [3.63, 3.8) is 0 Å². The van der Waals surface area contributed by atoms with Crippen LogP contribution in [0.2, 0.25) is 0 Å². The minimum absolute atomic E-state index is 0.187. The Morgan fingerprint density at radius 1 is 0.508 bits per heavy atom. The first-order valence-electron chi connectivity index (χ1n) is 27.7. The number of carbonyl (C=O) groups excluding carboxylic acids is 1. The monoisotopic (exact) mass is 920 g/mol. The van der Waals surface area contributed by atoms with Gasteiger partial charge < -0.3 is 40.3 Å². The molecule has 1 heterocycles. The topological polar surface area (TPSA) is 149 Å². The molecule has 0 aromatic heterocycles. The minimum Gasteiger partial charge on any atom is -0.394 e. The lowest BCUT2D eigenvalue weighted by Crippen LogP contribution is -2.60. The number of ether oxygens (including phenoxy) is 2. The molecule has 1 aliphatic rings. The summed E-state index contributed by atoms with van der Waals surface area (Å²) < 4.78 is 11.2. The zero-order chi connectivity index (χ0) is 47.3. The fourth-order valence-corrected chi connectivity index (χ4v) is 8.76. The van der Waals surface area contributed by atoms with Gasteiger partial charge in [-0.25, -0.2) is 0 Å². The van der Waals surface area contributed by atoms with E-state index in [9.17, 15) is 30.3 Å². The smallest absolute Gasteiger partial charge is 0.220 e. The molecule has 0 saturated carbocycles. The Bertz CT molecular complexity index is 1110. The average Bonchev–Trinajstić information content (AvgIpc) is 3.31. The van der Waals surface area contributed by atoms with Crippen LogP contribution < -0.4 is 5.32 Å². The van der Waals surface area contributed by atoms with Crippen molar-refractivity contribution in [2.75, 3.05) is 13.2 Å². The number of unbranched alkanes of at least 4 members (excludes halogenated alkanes) is 33. The number of amides is 1. The zero-order valence-corrected chi connectivity index (χ0v) is 42.3. The van der Waals surface area contributed by atoms with Crippen LogP contribution in [-0.4, -0.2) is 87.5 Å². The van der Waals surface area contributed by atoms with E-state index in [1.165, 1.54) is 199 Å². The van der Waals surface area contributed by atoms with E-state index in [2.05, 4.69) is 43.5 Å². The van der Waals surface area contributed by atoms with Crippen molar-refractivity contribution in [1.82, 2.24) is 5.32 Å². The molecule has 0 aromatic carbocycles. The van der Waals surface area contributed by atoms with E-state index in [4.69, 9.17) is 9.47 Å². The van der Waals surface area contributed by atoms with Crippen LogP contribution in [0.25, 0.3) is 0 Å². The second-order valence-electron chi connectivity index (χ2n) is 19.4. The molecule has 9 heteroatoms. The summed E-state index contributed by atoms with van der Waals surface area (Å²) in [5.41, 5.74) is 0. The summed E-state index contributed by atoms with van der Waals surface area (Å²) >= 11 is 0. The first-order valence-corrected chi connectivity index (χ1v) is 27.7. The van der Waals surface area contributed by atoms with Gasteiger partial charge in [-0.1, -0.05) is 230 Å². The highest BCUT2D eigenvalue weighted by molar-refractivity contribution is 5.76. The molecule has 0 radical (unpaired) electrons. The van der Waals surface area contributed by atoms with Crippen molar-refractivity contribution >= 4 is 5.91 Å². The summed E-state index contributed by atoms with van der Waals surface area (Å²) in [6, 6.07) is -0.822. The third-order valence-electron chi connectivity index (χ3n) is 13.2. The van der Waals surface area contributed by atoms with Crippen molar-refractivity contribution in [2.24, 2.45) is 0 Å². The van der Waals surface area contributed by atoms with E-state index in [0.29, 0.717) is 6.42 Å². The summed E-state index contributed by atoms with van der Waals surface area (Å²) in [7, 11) is 0. The first kappa shape index (κ1) is 61.4. The highest BCUT2D eigenvalue weighted by Crippen LogP contribution is 2.23. The fourth-order valence-electron chi connectivity index (χ4n) is 8.76. The third kappa shape index (κ3) is 36.1. The molecular formula is C56H105NO8. The van der Waals surface area contributed by atoms with Gasteiger partial charge in [0.15, 0.2) is 6.29 Å². The summed E-state index contributed by atoms with van der Waals surface area (Å²) in [6.45, 7) is 3.78. The first-order chi connectivity index (χ1) is 31.8. The molecule has 0 aromatic rings. The van der Waals surface area contributed by atoms with E-state index < -0.39 is 49.5 Å². The quantitative estimate of drug-likeness (QED) is 0.0261.